The van der Waals surface area contributed by atoms with Crippen LogP contribution in [0.1, 0.15) is 33.8 Å². The Hall–Kier alpha value is -2.21. The van der Waals surface area contributed by atoms with Crippen LogP contribution in [0.2, 0.25) is 0 Å². The van der Waals surface area contributed by atoms with Gasteiger partial charge >= 0.3 is 0 Å². The highest BCUT2D eigenvalue weighted by Gasteiger charge is 2.19. The van der Waals surface area contributed by atoms with E-state index in [4.69, 9.17) is 0 Å². The summed E-state index contributed by atoms with van der Waals surface area (Å²) >= 11 is 1.59. The van der Waals surface area contributed by atoms with E-state index in [2.05, 4.69) is 15.6 Å². The summed E-state index contributed by atoms with van der Waals surface area (Å²) in [6.45, 7) is 2.57. The van der Waals surface area contributed by atoms with Gasteiger partial charge in [-0.2, -0.15) is 0 Å². The number of carbonyl (C=O) groups is 2. The zero-order valence-corrected chi connectivity index (χ0v) is 12.4. The van der Waals surface area contributed by atoms with Gasteiger partial charge in [0.15, 0.2) is 0 Å². The maximum atomic E-state index is 12.2. The lowest BCUT2D eigenvalue weighted by Crippen LogP contribution is -2.27. The molecule has 1 aromatic carbocycles. The molecule has 0 spiro atoms. The number of carbonyl (C=O) groups excluding carboxylic acids is 2. The predicted octanol–water partition coefficient (Wildman–Crippen LogP) is 2.17. The molecule has 1 atom stereocenters. The molecule has 0 saturated heterocycles. The number of nitrogens with zero attached hydrogens (tertiary/aromatic N) is 1. The fraction of sp³-hybridized carbons (Fsp3) is 0.267. The van der Waals surface area contributed by atoms with Crippen LogP contribution in [-0.2, 0) is 11.2 Å². The number of nitrogens with one attached hydrogen (secondary N) is 2. The standard InChI is InChI=1S/C15H15N3O2S/c1-9(15-16-4-5-21-15)8-17-14(20)11-3-2-10-7-13(19)18-12(10)6-11/h2-6,9H,7-8H2,1H3,(H,17,20)(H,18,19). The van der Waals surface area contributed by atoms with Crippen molar-refractivity contribution in [3.8, 4) is 0 Å². The van der Waals surface area contributed by atoms with Crippen molar-refractivity contribution in [1.29, 1.82) is 0 Å². The van der Waals surface area contributed by atoms with Gasteiger partial charge in [-0.15, -0.1) is 11.3 Å². The van der Waals surface area contributed by atoms with Gasteiger partial charge in [-0.3, -0.25) is 9.59 Å². The molecule has 2 N–H and O–H groups in total. The quantitative estimate of drug-likeness (QED) is 0.909. The molecule has 0 radical (unpaired) electrons. The van der Waals surface area contributed by atoms with Crippen molar-refractivity contribution < 1.29 is 9.59 Å². The molecule has 0 saturated carbocycles. The summed E-state index contributed by atoms with van der Waals surface area (Å²) in [6.07, 6.45) is 2.15. The van der Waals surface area contributed by atoms with Gasteiger partial charge in [0.05, 0.1) is 11.4 Å². The van der Waals surface area contributed by atoms with Gasteiger partial charge in [0, 0.05) is 35.3 Å². The van der Waals surface area contributed by atoms with Crippen LogP contribution < -0.4 is 10.6 Å². The van der Waals surface area contributed by atoms with Crippen molar-refractivity contribution >= 4 is 28.8 Å². The molecular formula is C15H15N3O2S. The highest BCUT2D eigenvalue weighted by Crippen LogP contribution is 2.24. The Labute approximate surface area is 126 Å². The summed E-state index contributed by atoms with van der Waals surface area (Å²) in [5.41, 5.74) is 2.23. The van der Waals surface area contributed by atoms with Gasteiger partial charge in [0.2, 0.25) is 5.91 Å². The zero-order chi connectivity index (χ0) is 14.8. The summed E-state index contributed by atoms with van der Waals surface area (Å²) in [5, 5.41) is 8.60. The first-order valence-electron chi connectivity index (χ1n) is 6.74. The molecule has 21 heavy (non-hydrogen) atoms. The molecule has 3 rings (SSSR count). The largest absolute Gasteiger partial charge is 0.351 e. The molecule has 0 aliphatic carbocycles. The number of amides is 2. The lowest BCUT2D eigenvalue weighted by molar-refractivity contribution is -0.115. The van der Waals surface area contributed by atoms with Gasteiger partial charge in [0.1, 0.15) is 0 Å². The summed E-state index contributed by atoms with van der Waals surface area (Å²) < 4.78 is 0. The first-order chi connectivity index (χ1) is 10.1. The highest BCUT2D eigenvalue weighted by atomic mass is 32.1. The Kier molecular flexibility index (Phi) is 3.70. The summed E-state index contributed by atoms with van der Waals surface area (Å²) in [4.78, 5) is 27.7. The van der Waals surface area contributed by atoms with Crippen LogP contribution in [0.25, 0.3) is 0 Å². The van der Waals surface area contributed by atoms with Gasteiger partial charge in [-0.05, 0) is 17.7 Å². The minimum absolute atomic E-state index is 0.0278. The number of thiazole rings is 1. The Morgan fingerprint density at radius 3 is 3.14 bits per heavy atom. The van der Waals surface area contributed by atoms with E-state index in [9.17, 15) is 9.59 Å². The third-order valence-electron chi connectivity index (χ3n) is 3.44. The molecule has 108 valence electrons. The molecule has 0 fully saturated rings. The van der Waals surface area contributed by atoms with E-state index in [1.54, 1.807) is 29.7 Å². The lowest BCUT2D eigenvalue weighted by atomic mass is 10.1. The van der Waals surface area contributed by atoms with Gasteiger partial charge in [0.25, 0.3) is 5.91 Å². The van der Waals surface area contributed by atoms with E-state index >= 15 is 0 Å². The van der Waals surface area contributed by atoms with Crippen molar-refractivity contribution in [3.63, 3.8) is 0 Å². The van der Waals surface area contributed by atoms with E-state index < -0.39 is 0 Å². The van der Waals surface area contributed by atoms with Crippen molar-refractivity contribution in [2.75, 3.05) is 11.9 Å². The maximum absolute atomic E-state index is 12.2. The van der Waals surface area contributed by atoms with Gasteiger partial charge < -0.3 is 10.6 Å². The van der Waals surface area contributed by atoms with Gasteiger partial charge in [-0.25, -0.2) is 4.98 Å². The summed E-state index contributed by atoms with van der Waals surface area (Å²) in [5.74, 6) is 0.0189. The van der Waals surface area contributed by atoms with Crippen LogP contribution in [0.15, 0.2) is 29.8 Å². The summed E-state index contributed by atoms with van der Waals surface area (Å²) in [7, 11) is 0. The smallest absolute Gasteiger partial charge is 0.251 e. The van der Waals surface area contributed by atoms with Crippen molar-refractivity contribution in [3.05, 3.63) is 45.9 Å². The average Bonchev–Trinajstić information content (AvgIpc) is 3.11. The average molecular weight is 301 g/mol. The van der Waals surface area contributed by atoms with E-state index in [-0.39, 0.29) is 17.7 Å². The van der Waals surface area contributed by atoms with Crippen LogP contribution in [0.3, 0.4) is 0 Å². The highest BCUT2D eigenvalue weighted by molar-refractivity contribution is 7.09. The van der Waals surface area contributed by atoms with Crippen LogP contribution in [0.4, 0.5) is 5.69 Å². The Bertz CT molecular complexity index is 682. The molecule has 0 bridgehead atoms. The third-order valence-corrected chi connectivity index (χ3v) is 4.45. The number of fused-ring (bicyclic) bond motifs is 1. The van der Waals surface area contributed by atoms with Crippen LogP contribution >= 0.6 is 11.3 Å². The normalized spacial score (nSPS) is 14.4. The molecule has 2 heterocycles. The predicted molar refractivity (Wildman–Crippen MR) is 81.6 cm³/mol. The zero-order valence-electron chi connectivity index (χ0n) is 11.6. The lowest BCUT2D eigenvalue weighted by Gasteiger charge is -2.10. The van der Waals surface area contributed by atoms with E-state index in [1.165, 1.54) is 0 Å². The number of anilines is 1. The summed E-state index contributed by atoms with van der Waals surface area (Å²) in [6, 6.07) is 5.30. The Balaban J connectivity index is 1.64. The topological polar surface area (TPSA) is 71.1 Å². The Morgan fingerprint density at radius 1 is 1.52 bits per heavy atom. The fourth-order valence-electron chi connectivity index (χ4n) is 2.27. The minimum Gasteiger partial charge on any atom is -0.351 e. The maximum Gasteiger partial charge on any atom is 0.251 e. The van der Waals surface area contributed by atoms with Crippen molar-refractivity contribution in [2.24, 2.45) is 0 Å². The third kappa shape index (κ3) is 2.95. The second-order valence-electron chi connectivity index (χ2n) is 5.08. The molecule has 1 aliphatic rings. The Morgan fingerprint density at radius 2 is 2.38 bits per heavy atom. The number of benzene rings is 1. The van der Waals surface area contributed by atoms with Crippen LogP contribution in [-0.4, -0.2) is 23.3 Å². The second-order valence-corrected chi connectivity index (χ2v) is 6.00. The second kappa shape index (κ2) is 5.65. The molecule has 2 amide bonds. The SMILES string of the molecule is CC(CNC(=O)c1ccc2c(c1)NC(=O)C2)c1nccs1. The number of hydrogen-bond donors (Lipinski definition) is 2. The number of aromatic nitrogens is 1. The van der Waals surface area contributed by atoms with Crippen LogP contribution in [0, 0.1) is 0 Å². The van der Waals surface area contributed by atoms with E-state index in [0.717, 1.165) is 16.3 Å². The van der Waals surface area contributed by atoms with E-state index in [1.807, 2.05) is 18.4 Å². The molecule has 2 aromatic rings. The van der Waals surface area contributed by atoms with Crippen molar-refractivity contribution in [2.45, 2.75) is 19.3 Å². The minimum atomic E-state index is -0.137. The first-order valence-corrected chi connectivity index (χ1v) is 7.62. The monoisotopic (exact) mass is 301 g/mol. The molecular weight excluding hydrogens is 286 g/mol. The number of hydrogen-bond acceptors (Lipinski definition) is 4. The molecule has 1 aromatic heterocycles. The van der Waals surface area contributed by atoms with Gasteiger partial charge in [-0.1, -0.05) is 13.0 Å². The number of rotatable bonds is 4. The molecule has 1 aliphatic heterocycles. The fourth-order valence-corrected chi connectivity index (χ4v) is 2.97. The van der Waals surface area contributed by atoms with E-state index in [0.29, 0.717) is 18.5 Å². The van der Waals surface area contributed by atoms with Crippen molar-refractivity contribution in [1.82, 2.24) is 10.3 Å². The molecule has 1 unspecified atom stereocenters. The first kappa shape index (κ1) is 13.8. The molecule has 6 heteroatoms. The van der Waals surface area contributed by atoms with Crippen LogP contribution in [0.5, 0.6) is 0 Å². The molecule has 5 nitrogen and oxygen atoms in total.